The minimum atomic E-state index is 0.719. The molecule has 128 valence electrons. The molecule has 0 atom stereocenters. The number of quaternary nitrogens is 1. The molecule has 1 aliphatic rings. The first-order valence-electron chi connectivity index (χ1n) is 8.59. The van der Waals surface area contributed by atoms with Gasteiger partial charge in [-0.2, -0.15) is 5.26 Å². The van der Waals surface area contributed by atoms with Crippen LogP contribution in [0.5, 0.6) is 0 Å². The second kappa shape index (κ2) is 8.11. The molecule has 4 nitrogen and oxygen atoms in total. The summed E-state index contributed by atoms with van der Waals surface area (Å²) in [6.07, 6.45) is 0. The molecule has 1 heterocycles. The summed E-state index contributed by atoms with van der Waals surface area (Å²) in [7, 11) is 0. The average molecular weight is 351 g/mol. The lowest BCUT2D eigenvalue weighted by atomic mass is 10.1. The van der Waals surface area contributed by atoms with Crippen molar-refractivity contribution >= 4 is 23.0 Å². The van der Waals surface area contributed by atoms with Crippen LogP contribution in [0.4, 0.5) is 5.69 Å². The number of hydrogen-bond acceptors (Lipinski definition) is 2. The summed E-state index contributed by atoms with van der Waals surface area (Å²) in [6, 6.07) is 18.4. The van der Waals surface area contributed by atoms with Crippen molar-refractivity contribution in [2.24, 2.45) is 0 Å². The first-order valence-corrected chi connectivity index (χ1v) is 9.00. The highest BCUT2D eigenvalue weighted by molar-refractivity contribution is 7.80. The lowest BCUT2D eigenvalue weighted by Crippen LogP contribution is -3.13. The molecule has 1 saturated heterocycles. The molecule has 0 saturated carbocycles. The number of thiocarbonyl (C=S) groups is 1. The molecule has 2 aromatic rings. The summed E-state index contributed by atoms with van der Waals surface area (Å²) in [6.45, 7) is 7.13. The van der Waals surface area contributed by atoms with Gasteiger partial charge in [0.05, 0.1) is 37.8 Å². The third-order valence-electron chi connectivity index (χ3n) is 4.56. The fourth-order valence-corrected chi connectivity index (χ4v) is 3.41. The molecular weight excluding hydrogens is 328 g/mol. The Morgan fingerprint density at radius 3 is 2.56 bits per heavy atom. The van der Waals surface area contributed by atoms with E-state index in [1.807, 2.05) is 24.3 Å². The van der Waals surface area contributed by atoms with Crippen molar-refractivity contribution in [2.45, 2.75) is 13.5 Å². The number of nitriles is 1. The molecule has 3 rings (SSSR count). The van der Waals surface area contributed by atoms with Gasteiger partial charge in [0, 0.05) is 11.3 Å². The van der Waals surface area contributed by atoms with Crippen LogP contribution in [0.2, 0.25) is 0 Å². The van der Waals surface area contributed by atoms with Crippen LogP contribution in [0.15, 0.2) is 48.5 Å². The minimum Gasteiger partial charge on any atom is -0.338 e. The summed E-state index contributed by atoms with van der Waals surface area (Å²) >= 11 is 5.57. The van der Waals surface area contributed by atoms with Crippen LogP contribution in [0, 0.1) is 18.3 Å². The minimum absolute atomic E-state index is 0.719. The fraction of sp³-hybridized carbons (Fsp3) is 0.300. The maximum absolute atomic E-state index is 8.87. The molecule has 0 radical (unpaired) electrons. The summed E-state index contributed by atoms with van der Waals surface area (Å²) in [5.74, 6) is 0. The van der Waals surface area contributed by atoms with Crippen LogP contribution in [0.25, 0.3) is 0 Å². The molecule has 0 unspecified atom stereocenters. The topological polar surface area (TPSA) is 43.5 Å². The van der Waals surface area contributed by atoms with Crippen LogP contribution < -0.4 is 10.2 Å². The first-order chi connectivity index (χ1) is 12.1. The van der Waals surface area contributed by atoms with Gasteiger partial charge in [-0.25, -0.2) is 0 Å². The summed E-state index contributed by atoms with van der Waals surface area (Å²) < 4.78 is 0. The Morgan fingerprint density at radius 1 is 1.20 bits per heavy atom. The molecule has 1 fully saturated rings. The van der Waals surface area contributed by atoms with Crippen LogP contribution in [0.3, 0.4) is 0 Å². The van der Waals surface area contributed by atoms with Crippen molar-refractivity contribution < 1.29 is 4.90 Å². The van der Waals surface area contributed by atoms with E-state index in [9.17, 15) is 0 Å². The second-order valence-corrected chi connectivity index (χ2v) is 6.91. The van der Waals surface area contributed by atoms with Gasteiger partial charge in [0.2, 0.25) is 0 Å². The van der Waals surface area contributed by atoms with Gasteiger partial charge in [-0.05, 0) is 49.0 Å². The summed E-state index contributed by atoms with van der Waals surface area (Å²) in [4.78, 5) is 3.80. The largest absolute Gasteiger partial charge is 0.338 e. The molecular formula is C20H23N4S+. The van der Waals surface area contributed by atoms with Crippen molar-refractivity contribution in [3.8, 4) is 6.07 Å². The molecule has 0 aliphatic carbocycles. The van der Waals surface area contributed by atoms with E-state index < -0.39 is 0 Å². The standard InChI is InChI=1S/C20H22N4S/c1-16-3-2-4-19(13-16)22-20(25)24-11-9-23(10-12-24)15-18-7-5-17(14-21)6-8-18/h2-8,13H,9-12,15H2,1H3,(H,22,25)/p+1. The lowest BCUT2D eigenvalue weighted by molar-refractivity contribution is -0.917. The van der Waals surface area contributed by atoms with Crippen molar-refractivity contribution in [1.82, 2.24) is 4.90 Å². The van der Waals surface area contributed by atoms with Gasteiger partial charge in [0.25, 0.3) is 0 Å². The number of piperazine rings is 1. The van der Waals surface area contributed by atoms with Gasteiger partial charge in [0.1, 0.15) is 6.54 Å². The number of rotatable bonds is 3. The molecule has 2 N–H and O–H groups in total. The molecule has 0 amide bonds. The Bertz CT molecular complexity index is 771. The Labute approximate surface area is 154 Å². The van der Waals surface area contributed by atoms with Gasteiger partial charge in [0.15, 0.2) is 5.11 Å². The van der Waals surface area contributed by atoms with E-state index in [0.717, 1.165) is 49.1 Å². The number of anilines is 1. The zero-order valence-corrected chi connectivity index (χ0v) is 15.3. The van der Waals surface area contributed by atoms with E-state index in [1.54, 1.807) is 4.90 Å². The van der Waals surface area contributed by atoms with Gasteiger partial charge in [-0.1, -0.05) is 24.3 Å². The second-order valence-electron chi connectivity index (χ2n) is 6.52. The van der Waals surface area contributed by atoms with Crippen molar-refractivity contribution in [3.05, 3.63) is 65.2 Å². The SMILES string of the molecule is Cc1cccc(NC(=S)N2CC[NH+](Cc3ccc(C#N)cc3)CC2)c1. The molecule has 25 heavy (non-hydrogen) atoms. The van der Waals surface area contributed by atoms with Gasteiger partial charge < -0.3 is 15.1 Å². The van der Waals surface area contributed by atoms with E-state index in [4.69, 9.17) is 17.5 Å². The predicted octanol–water partition coefficient (Wildman–Crippen LogP) is 1.96. The Kier molecular flexibility index (Phi) is 5.64. The molecule has 2 aromatic carbocycles. The van der Waals surface area contributed by atoms with E-state index in [1.165, 1.54) is 11.1 Å². The number of hydrogen-bond donors (Lipinski definition) is 2. The van der Waals surface area contributed by atoms with E-state index >= 15 is 0 Å². The predicted molar refractivity (Wildman–Crippen MR) is 105 cm³/mol. The van der Waals surface area contributed by atoms with Crippen molar-refractivity contribution in [3.63, 3.8) is 0 Å². The Balaban J connectivity index is 1.49. The maximum atomic E-state index is 8.87. The Morgan fingerprint density at radius 2 is 1.92 bits per heavy atom. The molecule has 0 aromatic heterocycles. The summed E-state index contributed by atoms with van der Waals surface area (Å²) in [5, 5.41) is 13.0. The van der Waals surface area contributed by atoms with Crippen LogP contribution >= 0.6 is 12.2 Å². The molecule has 0 spiro atoms. The Hall–Kier alpha value is -2.42. The van der Waals surface area contributed by atoms with Crippen molar-refractivity contribution in [1.29, 1.82) is 5.26 Å². The average Bonchev–Trinajstić information content (AvgIpc) is 2.63. The van der Waals surface area contributed by atoms with E-state index in [2.05, 4.69) is 47.5 Å². The van der Waals surface area contributed by atoms with E-state index in [-0.39, 0.29) is 0 Å². The van der Waals surface area contributed by atoms with Crippen LogP contribution in [0.1, 0.15) is 16.7 Å². The highest BCUT2D eigenvalue weighted by atomic mass is 32.1. The highest BCUT2D eigenvalue weighted by Crippen LogP contribution is 2.10. The number of nitrogens with one attached hydrogen (secondary N) is 2. The third kappa shape index (κ3) is 4.79. The first kappa shape index (κ1) is 17.4. The molecule has 1 aliphatic heterocycles. The summed E-state index contributed by atoms with van der Waals surface area (Å²) in [5.41, 5.74) is 4.28. The van der Waals surface area contributed by atoms with Gasteiger partial charge in [-0.3, -0.25) is 0 Å². The number of aryl methyl sites for hydroxylation is 1. The van der Waals surface area contributed by atoms with Crippen LogP contribution in [-0.4, -0.2) is 36.2 Å². The maximum Gasteiger partial charge on any atom is 0.173 e. The number of benzene rings is 2. The van der Waals surface area contributed by atoms with E-state index in [0.29, 0.717) is 0 Å². The zero-order valence-electron chi connectivity index (χ0n) is 14.5. The normalized spacial score (nSPS) is 14.8. The smallest absolute Gasteiger partial charge is 0.173 e. The quantitative estimate of drug-likeness (QED) is 0.830. The monoisotopic (exact) mass is 351 g/mol. The highest BCUT2D eigenvalue weighted by Gasteiger charge is 2.21. The van der Waals surface area contributed by atoms with Gasteiger partial charge >= 0.3 is 0 Å². The van der Waals surface area contributed by atoms with Crippen molar-refractivity contribution in [2.75, 3.05) is 31.5 Å². The third-order valence-corrected chi connectivity index (χ3v) is 4.92. The molecule has 5 heteroatoms. The fourth-order valence-electron chi connectivity index (χ4n) is 3.11. The number of nitrogens with zero attached hydrogens (tertiary/aromatic N) is 2. The van der Waals surface area contributed by atoms with Gasteiger partial charge in [-0.15, -0.1) is 0 Å². The molecule has 0 bridgehead atoms. The van der Waals surface area contributed by atoms with Crippen LogP contribution in [-0.2, 0) is 6.54 Å². The zero-order chi connectivity index (χ0) is 17.6. The lowest BCUT2D eigenvalue weighted by Gasteiger charge is -2.34.